The monoisotopic (exact) mass is 399 g/mol. The van der Waals surface area contributed by atoms with Crippen LogP contribution in [0.1, 0.15) is 5.56 Å². The number of ether oxygens (including phenoxy) is 2. The van der Waals surface area contributed by atoms with Gasteiger partial charge in [-0.2, -0.15) is 0 Å². The lowest BCUT2D eigenvalue weighted by atomic mass is 10.2. The molecule has 3 rings (SSSR count). The zero-order chi connectivity index (χ0) is 20.5. The molecule has 154 valence electrons. The van der Waals surface area contributed by atoms with Crippen LogP contribution in [0.4, 0.5) is 5.82 Å². The molecular weight excluding hydrogens is 372 g/mol. The second kappa shape index (κ2) is 10.4. The first-order valence-electron chi connectivity index (χ1n) is 9.62. The van der Waals surface area contributed by atoms with E-state index >= 15 is 0 Å². The molecule has 0 spiro atoms. The Morgan fingerprint density at radius 3 is 2.45 bits per heavy atom. The van der Waals surface area contributed by atoms with Gasteiger partial charge in [-0.05, 0) is 23.8 Å². The normalized spacial score (nSPS) is 13.8. The highest BCUT2D eigenvalue weighted by Gasteiger charge is 2.26. The third kappa shape index (κ3) is 6.18. The minimum absolute atomic E-state index is 0.0899. The highest BCUT2D eigenvalue weighted by molar-refractivity contribution is 5.79. The standard InChI is InChI=1S/C21H26N4O4/c1-28-18-7-5-17(6-8-18)14-23-20(26)15-29-16-21(27)25-12-10-24(11-13-25)19-4-2-3-9-22-19/h2-9H,10-16H2,1H3,(H,23,26)/p+1. The van der Waals surface area contributed by atoms with E-state index in [1.54, 1.807) is 12.0 Å². The number of carbonyl (C=O) groups excluding carboxylic acids is 2. The maximum absolute atomic E-state index is 12.3. The summed E-state index contributed by atoms with van der Waals surface area (Å²) >= 11 is 0. The number of H-pyrrole nitrogens is 1. The quantitative estimate of drug-likeness (QED) is 0.698. The summed E-state index contributed by atoms with van der Waals surface area (Å²) in [5, 5.41) is 2.77. The molecule has 1 fully saturated rings. The largest absolute Gasteiger partial charge is 0.497 e. The minimum atomic E-state index is -0.252. The van der Waals surface area contributed by atoms with Crippen molar-refractivity contribution in [3.63, 3.8) is 0 Å². The molecule has 0 radical (unpaired) electrons. The van der Waals surface area contributed by atoms with Crippen LogP contribution in [0.3, 0.4) is 0 Å². The first-order chi connectivity index (χ1) is 14.2. The van der Waals surface area contributed by atoms with Gasteiger partial charge in [-0.1, -0.05) is 18.2 Å². The van der Waals surface area contributed by atoms with E-state index in [0.29, 0.717) is 19.6 Å². The summed E-state index contributed by atoms with van der Waals surface area (Å²) in [7, 11) is 1.61. The Balaban J connectivity index is 1.32. The van der Waals surface area contributed by atoms with Gasteiger partial charge in [0.2, 0.25) is 11.8 Å². The number of nitrogens with one attached hydrogen (secondary N) is 2. The number of amides is 2. The fourth-order valence-corrected chi connectivity index (χ4v) is 3.09. The van der Waals surface area contributed by atoms with Crippen LogP contribution < -0.4 is 19.9 Å². The number of carbonyl (C=O) groups is 2. The number of anilines is 1. The molecule has 0 unspecified atom stereocenters. The van der Waals surface area contributed by atoms with Crippen molar-refractivity contribution in [2.45, 2.75) is 6.54 Å². The first-order valence-corrected chi connectivity index (χ1v) is 9.62. The van der Waals surface area contributed by atoms with Crippen molar-refractivity contribution < 1.29 is 24.0 Å². The molecule has 1 aromatic carbocycles. The first kappa shape index (κ1) is 20.6. The predicted octanol–water partition coefficient (Wildman–Crippen LogP) is 0.491. The summed E-state index contributed by atoms with van der Waals surface area (Å²) in [6, 6.07) is 13.4. The molecule has 1 aliphatic rings. The molecule has 0 bridgehead atoms. The van der Waals surface area contributed by atoms with E-state index in [1.807, 2.05) is 48.7 Å². The lowest BCUT2D eigenvalue weighted by Gasteiger charge is -2.30. The van der Waals surface area contributed by atoms with Gasteiger partial charge in [0.15, 0.2) is 0 Å². The number of rotatable bonds is 8. The molecule has 0 aliphatic carbocycles. The molecule has 1 aliphatic heterocycles. The molecule has 1 saturated heterocycles. The summed E-state index contributed by atoms with van der Waals surface area (Å²) in [5.41, 5.74) is 0.962. The summed E-state index contributed by atoms with van der Waals surface area (Å²) < 4.78 is 10.4. The summed E-state index contributed by atoms with van der Waals surface area (Å²) in [6.07, 6.45) is 1.89. The molecule has 1 aromatic heterocycles. The number of pyridine rings is 1. The third-order valence-corrected chi connectivity index (χ3v) is 4.77. The van der Waals surface area contributed by atoms with Crippen LogP contribution in [-0.4, -0.2) is 63.2 Å². The van der Waals surface area contributed by atoms with E-state index in [9.17, 15) is 9.59 Å². The number of benzene rings is 1. The average Bonchev–Trinajstić information content (AvgIpc) is 2.78. The zero-order valence-electron chi connectivity index (χ0n) is 16.6. The van der Waals surface area contributed by atoms with E-state index in [4.69, 9.17) is 9.47 Å². The van der Waals surface area contributed by atoms with Crippen LogP contribution >= 0.6 is 0 Å². The number of methoxy groups -OCH3 is 1. The van der Waals surface area contributed by atoms with Gasteiger partial charge in [-0.15, -0.1) is 0 Å². The molecule has 0 atom stereocenters. The van der Waals surface area contributed by atoms with E-state index in [-0.39, 0.29) is 25.0 Å². The Kier molecular flexibility index (Phi) is 7.40. The van der Waals surface area contributed by atoms with Crippen LogP contribution in [0.15, 0.2) is 48.7 Å². The van der Waals surface area contributed by atoms with Crippen molar-refractivity contribution >= 4 is 17.6 Å². The molecule has 0 saturated carbocycles. The lowest BCUT2D eigenvalue weighted by molar-refractivity contribution is -0.364. The molecule has 29 heavy (non-hydrogen) atoms. The van der Waals surface area contributed by atoms with E-state index in [1.165, 1.54) is 0 Å². The molecule has 2 aromatic rings. The van der Waals surface area contributed by atoms with Crippen LogP contribution in [0, 0.1) is 0 Å². The van der Waals surface area contributed by atoms with Crippen molar-refractivity contribution in [2.24, 2.45) is 0 Å². The van der Waals surface area contributed by atoms with E-state index < -0.39 is 0 Å². The third-order valence-electron chi connectivity index (χ3n) is 4.77. The second-order valence-corrected chi connectivity index (χ2v) is 6.73. The maximum Gasteiger partial charge on any atom is 0.274 e. The number of hydrogen-bond donors (Lipinski definition) is 1. The second-order valence-electron chi connectivity index (χ2n) is 6.73. The van der Waals surface area contributed by atoms with Gasteiger partial charge in [-0.25, -0.2) is 4.98 Å². The molecule has 2 N–H and O–H groups in total. The molecule has 2 heterocycles. The highest BCUT2D eigenvalue weighted by Crippen LogP contribution is 2.11. The SMILES string of the molecule is COc1ccc(CNC(=O)COCC(=O)N2CCN(c3cccc[nH+]3)CC2)cc1. The van der Waals surface area contributed by atoms with Gasteiger partial charge in [0.1, 0.15) is 32.1 Å². The maximum atomic E-state index is 12.3. The number of aromatic amines is 1. The van der Waals surface area contributed by atoms with Gasteiger partial charge in [-0.3, -0.25) is 14.5 Å². The summed E-state index contributed by atoms with van der Waals surface area (Å²) in [4.78, 5) is 31.4. The summed E-state index contributed by atoms with van der Waals surface area (Å²) in [6.45, 7) is 2.96. The van der Waals surface area contributed by atoms with Gasteiger partial charge >= 0.3 is 0 Å². The average molecular weight is 399 g/mol. The molecule has 8 heteroatoms. The highest BCUT2D eigenvalue weighted by atomic mass is 16.5. The molecule has 8 nitrogen and oxygen atoms in total. The van der Waals surface area contributed by atoms with Crippen LogP contribution in [-0.2, 0) is 20.9 Å². The van der Waals surface area contributed by atoms with Crippen molar-refractivity contribution in [2.75, 3.05) is 51.4 Å². The minimum Gasteiger partial charge on any atom is -0.497 e. The van der Waals surface area contributed by atoms with Crippen LogP contribution in [0.2, 0.25) is 0 Å². The number of hydrogen-bond acceptors (Lipinski definition) is 5. The fraction of sp³-hybridized carbons (Fsp3) is 0.381. The Labute approximate surface area is 170 Å². The van der Waals surface area contributed by atoms with Crippen molar-refractivity contribution in [1.82, 2.24) is 10.2 Å². The van der Waals surface area contributed by atoms with E-state index in [0.717, 1.165) is 30.2 Å². The lowest BCUT2D eigenvalue weighted by Crippen LogP contribution is -2.51. The molecule has 2 amide bonds. The van der Waals surface area contributed by atoms with Crippen LogP contribution in [0.25, 0.3) is 0 Å². The number of aromatic nitrogens is 1. The van der Waals surface area contributed by atoms with Gasteiger partial charge in [0, 0.05) is 12.6 Å². The Bertz CT molecular complexity index is 790. The predicted molar refractivity (Wildman–Crippen MR) is 107 cm³/mol. The summed E-state index contributed by atoms with van der Waals surface area (Å²) in [5.74, 6) is 1.47. The van der Waals surface area contributed by atoms with Gasteiger partial charge in [0.05, 0.1) is 26.4 Å². The van der Waals surface area contributed by atoms with Crippen molar-refractivity contribution in [3.05, 3.63) is 54.2 Å². The van der Waals surface area contributed by atoms with Gasteiger partial charge in [0.25, 0.3) is 5.82 Å². The zero-order valence-corrected chi connectivity index (χ0v) is 16.6. The van der Waals surface area contributed by atoms with Crippen molar-refractivity contribution in [3.8, 4) is 5.75 Å². The fourth-order valence-electron chi connectivity index (χ4n) is 3.09. The molecular formula is C21H27N4O4+. The van der Waals surface area contributed by atoms with Gasteiger partial charge < -0.3 is 19.7 Å². The Morgan fingerprint density at radius 1 is 1.03 bits per heavy atom. The number of nitrogens with zero attached hydrogens (tertiary/aromatic N) is 2. The smallest absolute Gasteiger partial charge is 0.274 e. The van der Waals surface area contributed by atoms with Crippen LogP contribution in [0.5, 0.6) is 5.75 Å². The Hall–Kier alpha value is -3.13. The number of piperazine rings is 1. The Morgan fingerprint density at radius 2 is 1.79 bits per heavy atom. The van der Waals surface area contributed by atoms with Crippen molar-refractivity contribution in [1.29, 1.82) is 0 Å². The topological polar surface area (TPSA) is 85.2 Å². The van der Waals surface area contributed by atoms with E-state index in [2.05, 4.69) is 15.2 Å².